The van der Waals surface area contributed by atoms with E-state index in [1.165, 1.54) is 18.2 Å². The minimum atomic E-state index is -3.66. The van der Waals surface area contributed by atoms with Gasteiger partial charge in [-0.1, -0.05) is 0 Å². The molecule has 1 aromatic rings. The van der Waals surface area contributed by atoms with E-state index in [0.717, 1.165) is 0 Å². The van der Waals surface area contributed by atoms with Crippen LogP contribution in [0.5, 0.6) is 0 Å². The van der Waals surface area contributed by atoms with Gasteiger partial charge in [-0.3, -0.25) is 0 Å². The molecule has 1 aromatic carbocycles. The lowest BCUT2D eigenvalue weighted by atomic mass is 10.1. The van der Waals surface area contributed by atoms with Gasteiger partial charge in [0.1, 0.15) is 0 Å². The fraction of sp³-hybridized carbons (Fsp3) is 0.273. The second-order valence-corrected chi connectivity index (χ2v) is 5.54. The molecule has 19 heavy (non-hydrogen) atoms. The minimum absolute atomic E-state index is 0.0321. The van der Waals surface area contributed by atoms with Crippen molar-refractivity contribution in [3.63, 3.8) is 0 Å². The van der Waals surface area contributed by atoms with Gasteiger partial charge in [-0.2, -0.15) is 5.26 Å². The summed E-state index contributed by atoms with van der Waals surface area (Å²) in [4.78, 5) is 10.5. The molecule has 2 amide bonds. The summed E-state index contributed by atoms with van der Waals surface area (Å²) in [5.41, 5.74) is 5.86. The quantitative estimate of drug-likeness (QED) is 0.647. The van der Waals surface area contributed by atoms with Crippen LogP contribution in [0.25, 0.3) is 0 Å². The number of primary amides is 1. The zero-order chi connectivity index (χ0) is 14.5. The number of hydrogen-bond acceptors (Lipinski definition) is 4. The van der Waals surface area contributed by atoms with Gasteiger partial charge in [-0.05, 0) is 30.7 Å². The van der Waals surface area contributed by atoms with E-state index in [-0.39, 0.29) is 18.0 Å². The Bertz CT molecular complexity index is 619. The van der Waals surface area contributed by atoms with Crippen molar-refractivity contribution in [3.05, 3.63) is 29.3 Å². The first-order valence-corrected chi connectivity index (χ1v) is 6.89. The van der Waals surface area contributed by atoms with Crippen molar-refractivity contribution in [2.45, 2.75) is 11.8 Å². The molecule has 8 heteroatoms. The number of urea groups is 1. The third-order valence-electron chi connectivity index (χ3n) is 2.34. The number of aryl methyl sites for hydroxylation is 1. The summed E-state index contributed by atoms with van der Waals surface area (Å²) >= 11 is 0. The fourth-order valence-corrected chi connectivity index (χ4v) is 2.50. The van der Waals surface area contributed by atoms with Gasteiger partial charge < -0.3 is 11.1 Å². The van der Waals surface area contributed by atoms with E-state index in [0.29, 0.717) is 11.1 Å². The number of carbonyl (C=O) groups is 1. The fourth-order valence-electron chi connectivity index (χ4n) is 1.38. The van der Waals surface area contributed by atoms with Crippen LogP contribution in [0.2, 0.25) is 0 Å². The molecule has 1 rings (SSSR count). The van der Waals surface area contributed by atoms with Gasteiger partial charge in [0.25, 0.3) is 0 Å². The Labute approximate surface area is 111 Å². The largest absolute Gasteiger partial charge is 0.352 e. The Morgan fingerprint density at radius 3 is 2.63 bits per heavy atom. The van der Waals surface area contributed by atoms with Gasteiger partial charge in [-0.25, -0.2) is 17.9 Å². The van der Waals surface area contributed by atoms with Gasteiger partial charge in [0, 0.05) is 13.1 Å². The van der Waals surface area contributed by atoms with E-state index in [9.17, 15) is 13.2 Å². The highest BCUT2D eigenvalue weighted by Crippen LogP contribution is 2.14. The smallest absolute Gasteiger partial charge is 0.312 e. The minimum Gasteiger partial charge on any atom is -0.352 e. The number of rotatable bonds is 5. The third-order valence-corrected chi connectivity index (χ3v) is 3.80. The van der Waals surface area contributed by atoms with Crippen molar-refractivity contribution in [1.82, 2.24) is 10.0 Å². The van der Waals surface area contributed by atoms with Gasteiger partial charge in [0.15, 0.2) is 0 Å². The molecule has 7 nitrogen and oxygen atoms in total. The first kappa shape index (κ1) is 14.9. The molecule has 0 heterocycles. The average Bonchev–Trinajstić information content (AvgIpc) is 2.34. The standard InChI is InChI=1S/C11H14N4O3S/c1-8-6-10(3-2-9(8)7-12)19(17,18)15-5-4-14-11(13)16/h2-3,6,15H,4-5H2,1H3,(H3,13,14,16). The summed E-state index contributed by atoms with van der Waals surface area (Å²) in [5, 5.41) is 11.0. The summed E-state index contributed by atoms with van der Waals surface area (Å²) in [6, 6.07) is 5.47. The van der Waals surface area contributed by atoms with E-state index < -0.39 is 16.1 Å². The summed E-state index contributed by atoms with van der Waals surface area (Å²) in [6.07, 6.45) is 0. The number of hydrogen-bond donors (Lipinski definition) is 3. The zero-order valence-electron chi connectivity index (χ0n) is 10.3. The van der Waals surface area contributed by atoms with Crippen LogP contribution in [0.15, 0.2) is 23.1 Å². The average molecular weight is 282 g/mol. The van der Waals surface area contributed by atoms with Crippen LogP contribution < -0.4 is 15.8 Å². The summed E-state index contributed by atoms with van der Waals surface area (Å²) in [7, 11) is -3.66. The molecule has 0 aliphatic rings. The topological polar surface area (TPSA) is 125 Å². The molecule has 0 saturated carbocycles. The number of nitrogens with one attached hydrogen (secondary N) is 2. The number of nitriles is 1. The number of carbonyl (C=O) groups excluding carboxylic acids is 1. The number of sulfonamides is 1. The summed E-state index contributed by atoms with van der Waals surface area (Å²) in [5.74, 6) is 0. The number of amides is 2. The molecular weight excluding hydrogens is 268 g/mol. The van der Waals surface area contributed by atoms with Crippen LogP contribution in [-0.2, 0) is 10.0 Å². The maximum atomic E-state index is 11.9. The maximum Gasteiger partial charge on any atom is 0.312 e. The highest BCUT2D eigenvalue weighted by Gasteiger charge is 2.14. The Kier molecular flexibility index (Phi) is 4.86. The first-order chi connectivity index (χ1) is 8.86. The van der Waals surface area contributed by atoms with Crippen LogP contribution in [0.1, 0.15) is 11.1 Å². The normalized spacial score (nSPS) is 10.7. The molecule has 0 radical (unpaired) electrons. The molecular formula is C11H14N4O3S. The van der Waals surface area contributed by atoms with Crippen molar-refractivity contribution in [1.29, 1.82) is 5.26 Å². The molecule has 0 bridgehead atoms. The predicted octanol–water partition coefficient (Wildman–Crippen LogP) is -0.187. The van der Waals surface area contributed by atoms with Crippen LogP contribution in [-0.4, -0.2) is 27.5 Å². The molecule has 0 fully saturated rings. The van der Waals surface area contributed by atoms with E-state index in [1.807, 2.05) is 6.07 Å². The van der Waals surface area contributed by atoms with Crippen molar-refractivity contribution in [2.24, 2.45) is 5.73 Å². The highest BCUT2D eigenvalue weighted by atomic mass is 32.2. The van der Waals surface area contributed by atoms with Crippen LogP contribution in [0, 0.1) is 18.3 Å². The van der Waals surface area contributed by atoms with Gasteiger partial charge in [0.05, 0.1) is 16.5 Å². The first-order valence-electron chi connectivity index (χ1n) is 5.40. The second-order valence-electron chi connectivity index (χ2n) is 3.78. The van der Waals surface area contributed by atoms with Crippen molar-refractivity contribution in [2.75, 3.05) is 13.1 Å². The van der Waals surface area contributed by atoms with Crippen LogP contribution in [0.3, 0.4) is 0 Å². The van der Waals surface area contributed by atoms with Crippen molar-refractivity contribution in [3.8, 4) is 6.07 Å². The molecule has 0 aliphatic carbocycles. The molecule has 0 unspecified atom stereocenters. The Hall–Kier alpha value is -2.11. The van der Waals surface area contributed by atoms with E-state index >= 15 is 0 Å². The monoisotopic (exact) mass is 282 g/mol. The Morgan fingerprint density at radius 2 is 2.11 bits per heavy atom. The summed E-state index contributed by atoms with van der Waals surface area (Å²) < 4.78 is 26.1. The maximum absolute atomic E-state index is 11.9. The van der Waals surface area contributed by atoms with E-state index in [2.05, 4.69) is 10.0 Å². The lowest BCUT2D eigenvalue weighted by molar-refractivity contribution is 0.249. The SMILES string of the molecule is Cc1cc(S(=O)(=O)NCCNC(N)=O)ccc1C#N. The zero-order valence-corrected chi connectivity index (χ0v) is 11.1. The lowest BCUT2D eigenvalue weighted by Crippen LogP contribution is -2.37. The van der Waals surface area contributed by atoms with Crippen LogP contribution in [0.4, 0.5) is 4.79 Å². The van der Waals surface area contributed by atoms with Crippen molar-refractivity contribution < 1.29 is 13.2 Å². The van der Waals surface area contributed by atoms with Gasteiger partial charge in [0.2, 0.25) is 10.0 Å². The molecule has 4 N–H and O–H groups in total. The van der Waals surface area contributed by atoms with Gasteiger partial charge in [-0.15, -0.1) is 0 Å². The Morgan fingerprint density at radius 1 is 1.42 bits per heavy atom. The van der Waals surface area contributed by atoms with Gasteiger partial charge >= 0.3 is 6.03 Å². The number of nitrogens with zero attached hydrogens (tertiary/aromatic N) is 1. The lowest BCUT2D eigenvalue weighted by Gasteiger charge is -2.08. The molecule has 102 valence electrons. The van der Waals surface area contributed by atoms with E-state index in [1.54, 1.807) is 6.92 Å². The molecule has 0 spiro atoms. The molecule has 0 aromatic heterocycles. The van der Waals surface area contributed by atoms with Crippen molar-refractivity contribution >= 4 is 16.1 Å². The van der Waals surface area contributed by atoms with E-state index in [4.69, 9.17) is 11.0 Å². The van der Waals surface area contributed by atoms with Crippen LogP contribution >= 0.6 is 0 Å². The number of benzene rings is 1. The Balaban J connectivity index is 2.75. The molecule has 0 saturated heterocycles. The second kappa shape index (κ2) is 6.17. The number of nitrogens with two attached hydrogens (primary N) is 1. The predicted molar refractivity (Wildman–Crippen MR) is 68.7 cm³/mol. The summed E-state index contributed by atoms with van der Waals surface area (Å²) in [6.45, 7) is 1.79. The molecule has 0 atom stereocenters. The molecule has 0 aliphatic heterocycles. The highest BCUT2D eigenvalue weighted by molar-refractivity contribution is 7.89. The third kappa shape index (κ3) is 4.24.